The van der Waals surface area contributed by atoms with Gasteiger partial charge in [0, 0.05) is 31.2 Å². The Labute approximate surface area is 239 Å². The molecule has 2 unspecified atom stereocenters. The zero-order chi connectivity index (χ0) is 30.9. The molecule has 4 rings (SSSR count). The second kappa shape index (κ2) is 10.3. The summed E-state index contributed by atoms with van der Waals surface area (Å²) in [5, 5.41) is 37.3. The fraction of sp³-hybridized carbons (Fsp3) is 0.633. The number of nitrogens with zero attached hydrogens (tertiary/aromatic N) is 2. The lowest BCUT2D eigenvalue weighted by Crippen LogP contribution is -2.78. The lowest BCUT2D eigenvalue weighted by Gasteiger charge is -2.56. The van der Waals surface area contributed by atoms with E-state index in [1.54, 1.807) is 45.8 Å². The van der Waals surface area contributed by atoms with Gasteiger partial charge >= 0.3 is 0 Å². The van der Waals surface area contributed by atoms with Crippen molar-refractivity contribution in [3.05, 3.63) is 23.3 Å². The van der Waals surface area contributed by atoms with Gasteiger partial charge in [-0.25, -0.2) is 0 Å². The zero-order valence-electron chi connectivity index (χ0n) is 24.9. The molecule has 0 aliphatic heterocycles. The van der Waals surface area contributed by atoms with Gasteiger partial charge in [-0.2, -0.15) is 0 Å². The third kappa shape index (κ3) is 4.40. The molecule has 0 radical (unpaired) electrons. The molecule has 4 N–H and O–H groups in total. The molecule has 0 heterocycles. The highest BCUT2D eigenvalue weighted by Crippen LogP contribution is 2.55. The molecule has 1 aromatic carbocycles. The van der Waals surface area contributed by atoms with Crippen LogP contribution in [0.25, 0.3) is 0 Å². The molecule has 0 spiro atoms. The summed E-state index contributed by atoms with van der Waals surface area (Å²) in [7, 11) is 6.52. The van der Waals surface area contributed by atoms with Gasteiger partial charge in [0.1, 0.15) is 5.75 Å². The fourth-order valence-corrected chi connectivity index (χ4v) is 7.51. The smallest absolute Gasteiger partial charge is 0.238 e. The van der Waals surface area contributed by atoms with Gasteiger partial charge in [-0.05, 0) is 58.0 Å². The molecule has 1 aromatic rings. The Balaban J connectivity index is 1.90. The maximum absolute atomic E-state index is 14.2. The molecule has 3 aliphatic rings. The normalized spacial score (nSPS) is 33.3. The first-order valence-corrected chi connectivity index (χ1v) is 14.0. The summed E-state index contributed by atoms with van der Waals surface area (Å²) in [5.41, 5.74) is -2.83. The van der Waals surface area contributed by atoms with Gasteiger partial charge in [0.05, 0.1) is 29.5 Å². The van der Waals surface area contributed by atoms with E-state index in [2.05, 4.69) is 5.32 Å². The van der Waals surface area contributed by atoms with E-state index in [4.69, 9.17) is 0 Å². The molecule has 0 bridgehead atoms. The van der Waals surface area contributed by atoms with Crippen LogP contribution in [0.2, 0.25) is 0 Å². The van der Waals surface area contributed by atoms with Gasteiger partial charge < -0.3 is 25.5 Å². The third-order valence-corrected chi connectivity index (χ3v) is 9.24. The van der Waals surface area contributed by atoms with Gasteiger partial charge in [0.2, 0.25) is 5.91 Å². The van der Waals surface area contributed by atoms with Crippen molar-refractivity contribution in [1.29, 1.82) is 0 Å². The number of aromatic hydroxyl groups is 1. The van der Waals surface area contributed by atoms with E-state index in [0.29, 0.717) is 24.1 Å². The Hall–Kier alpha value is -3.15. The predicted molar refractivity (Wildman–Crippen MR) is 150 cm³/mol. The minimum Gasteiger partial charge on any atom is -0.507 e. The molecule has 2 fully saturated rings. The van der Waals surface area contributed by atoms with Gasteiger partial charge in [0.25, 0.3) is 0 Å². The quantitative estimate of drug-likeness (QED) is 0.357. The molecule has 0 saturated heterocycles. The first-order valence-electron chi connectivity index (χ1n) is 14.0. The number of rotatable bonds is 6. The standard InChI is InChI=1S/C30H41N3O8/c1-9-12-29(3,4)31-28(40)20-25(37)22(33(7)8)21-24(36)17-13(2)16-14(32(5)6)10-11-15(34)18(16)23(35)19(17)26(38)30(21,41)27(20)39/h10-11,13,17,19-22,24,34,36,41H,9,12H2,1-8H3,(H,31,40)/t13-,17+,19?,20?,21+,22-,24-,30-/m0/s1. The molecule has 11 heteroatoms. The number of aliphatic hydroxyl groups excluding tert-OH is 1. The Bertz CT molecular complexity index is 1320. The van der Waals surface area contributed by atoms with Crippen molar-refractivity contribution in [2.75, 3.05) is 33.1 Å². The zero-order valence-corrected chi connectivity index (χ0v) is 24.9. The van der Waals surface area contributed by atoms with Crippen molar-refractivity contribution >= 4 is 34.7 Å². The molecular formula is C30H41N3O8. The number of carbonyl (C=O) groups is 5. The molecule has 11 nitrogen and oxygen atoms in total. The van der Waals surface area contributed by atoms with E-state index < -0.39 is 81.9 Å². The highest BCUT2D eigenvalue weighted by molar-refractivity contribution is 6.32. The Morgan fingerprint density at radius 2 is 1.68 bits per heavy atom. The highest BCUT2D eigenvalue weighted by atomic mass is 16.3. The number of nitrogens with one attached hydrogen (secondary N) is 1. The minimum atomic E-state index is -2.98. The molecule has 41 heavy (non-hydrogen) atoms. The first-order chi connectivity index (χ1) is 18.9. The summed E-state index contributed by atoms with van der Waals surface area (Å²) < 4.78 is 0. The number of hydrogen-bond acceptors (Lipinski definition) is 10. The largest absolute Gasteiger partial charge is 0.507 e. The summed E-state index contributed by atoms with van der Waals surface area (Å²) >= 11 is 0. The number of carbonyl (C=O) groups excluding carboxylic acids is 5. The summed E-state index contributed by atoms with van der Waals surface area (Å²) in [6.07, 6.45) is -0.388. The Morgan fingerprint density at radius 1 is 1.07 bits per heavy atom. The number of hydrogen-bond donors (Lipinski definition) is 4. The highest BCUT2D eigenvalue weighted by Gasteiger charge is 2.73. The van der Waals surface area contributed by atoms with Crippen LogP contribution in [0.1, 0.15) is 62.4 Å². The molecule has 1 amide bonds. The second-order valence-corrected chi connectivity index (χ2v) is 12.9. The summed E-state index contributed by atoms with van der Waals surface area (Å²) in [5.74, 6) is -12.5. The van der Waals surface area contributed by atoms with Crippen LogP contribution < -0.4 is 10.2 Å². The number of amides is 1. The fourth-order valence-electron chi connectivity index (χ4n) is 7.51. The minimum absolute atomic E-state index is 0.105. The van der Waals surface area contributed by atoms with E-state index in [1.165, 1.54) is 25.1 Å². The molecule has 0 aromatic heterocycles. The predicted octanol–water partition coefficient (Wildman–Crippen LogP) is 0.674. The summed E-state index contributed by atoms with van der Waals surface area (Å²) in [6.45, 7) is 7.10. The lowest BCUT2D eigenvalue weighted by molar-refractivity contribution is -0.197. The Morgan fingerprint density at radius 3 is 2.22 bits per heavy atom. The van der Waals surface area contributed by atoms with Crippen molar-refractivity contribution in [2.45, 2.75) is 69.7 Å². The average Bonchev–Trinajstić information content (AvgIpc) is 2.85. The van der Waals surface area contributed by atoms with E-state index in [0.717, 1.165) is 0 Å². The van der Waals surface area contributed by atoms with E-state index in [1.807, 2.05) is 6.92 Å². The Kier molecular flexibility index (Phi) is 7.73. The number of benzene rings is 1. The summed E-state index contributed by atoms with van der Waals surface area (Å²) in [4.78, 5) is 72.6. The van der Waals surface area contributed by atoms with Crippen LogP contribution in [0.15, 0.2) is 12.1 Å². The van der Waals surface area contributed by atoms with Crippen LogP contribution in [0, 0.1) is 23.7 Å². The van der Waals surface area contributed by atoms with Crippen molar-refractivity contribution in [3.8, 4) is 5.75 Å². The maximum atomic E-state index is 14.2. The number of aliphatic hydroxyl groups is 2. The number of ketones is 4. The lowest BCUT2D eigenvalue weighted by atomic mass is 9.49. The number of anilines is 1. The van der Waals surface area contributed by atoms with Crippen molar-refractivity contribution in [3.63, 3.8) is 0 Å². The van der Waals surface area contributed by atoms with Crippen LogP contribution in [-0.4, -0.2) is 101 Å². The molecule has 3 aliphatic carbocycles. The van der Waals surface area contributed by atoms with Gasteiger partial charge in [-0.1, -0.05) is 20.3 Å². The first kappa shape index (κ1) is 30.8. The SMILES string of the molecule is CCCC(C)(C)NC(=O)C1C(=O)[C@@H](N(C)C)[C@@H]2[C@@H](O)[C@H]3C(C(=O)c4c(O)ccc(N(C)C)c4[C@@H]3C)C(=O)[C@]2(O)C1=O. The van der Waals surface area contributed by atoms with Crippen LogP contribution in [0.4, 0.5) is 5.69 Å². The van der Waals surface area contributed by atoms with Gasteiger partial charge in [0.15, 0.2) is 34.7 Å². The molecular weight excluding hydrogens is 530 g/mol. The van der Waals surface area contributed by atoms with Crippen LogP contribution in [0.3, 0.4) is 0 Å². The van der Waals surface area contributed by atoms with E-state index in [9.17, 15) is 39.3 Å². The van der Waals surface area contributed by atoms with Crippen molar-refractivity contribution in [1.82, 2.24) is 10.2 Å². The number of Topliss-reactive ketones (excluding diaryl/α,β-unsaturated/α-hetero) is 4. The third-order valence-electron chi connectivity index (χ3n) is 9.24. The second-order valence-electron chi connectivity index (χ2n) is 12.9. The maximum Gasteiger partial charge on any atom is 0.238 e. The van der Waals surface area contributed by atoms with E-state index >= 15 is 0 Å². The average molecular weight is 572 g/mol. The molecule has 8 atom stereocenters. The van der Waals surface area contributed by atoms with Gasteiger partial charge in [-0.3, -0.25) is 28.9 Å². The van der Waals surface area contributed by atoms with Crippen LogP contribution in [0.5, 0.6) is 5.75 Å². The number of fused-ring (bicyclic) bond motifs is 3. The summed E-state index contributed by atoms with van der Waals surface area (Å²) in [6, 6.07) is 1.60. The van der Waals surface area contributed by atoms with Crippen LogP contribution in [-0.2, 0) is 19.2 Å². The van der Waals surface area contributed by atoms with Crippen molar-refractivity contribution in [2.24, 2.45) is 23.7 Å². The number of phenolic OH excluding ortho intramolecular Hbond substituents is 1. The van der Waals surface area contributed by atoms with Crippen LogP contribution >= 0.6 is 0 Å². The molecule has 224 valence electrons. The van der Waals surface area contributed by atoms with Crippen molar-refractivity contribution < 1.29 is 39.3 Å². The monoisotopic (exact) mass is 571 g/mol. The molecule has 2 saturated carbocycles. The van der Waals surface area contributed by atoms with Gasteiger partial charge in [-0.15, -0.1) is 0 Å². The number of phenols is 1. The number of likely N-dealkylation sites (N-methyl/N-ethyl adjacent to an activating group) is 1. The van der Waals surface area contributed by atoms with E-state index in [-0.39, 0.29) is 11.3 Å². The topological polar surface area (TPSA) is 165 Å².